The van der Waals surface area contributed by atoms with E-state index in [9.17, 15) is 13.6 Å². The van der Waals surface area contributed by atoms with E-state index in [1.807, 2.05) is 35.2 Å². The minimum Gasteiger partial charge on any atom is -0.340 e. The van der Waals surface area contributed by atoms with Crippen molar-refractivity contribution in [1.82, 2.24) is 10.2 Å². The smallest absolute Gasteiger partial charge is 0.240 e. The van der Waals surface area contributed by atoms with Crippen LogP contribution in [0.4, 0.5) is 8.78 Å². The van der Waals surface area contributed by atoms with Crippen LogP contribution >= 0.6 is 11.8 Å². The number of thioether (sulfide) groups is 1. The monoisotopic (exact) mass is 362 g/mol. The molecule has 0 aromatic heterocycles. The van der Waals surface area contributed by atoms with Gasteiger partial charge in [-0.2, -0.15) is 0 Å². The molecule has 1 amide bonds. The molecule has 1 N–H and O–H groups in total. The molecule has 132 valence electrons. The fourth-order valence-corrected chi connectivity index (χ4v) is 3.93. The molecule has 1 aliphatic rings. The SMILES string of the molecule is O=C(C(Sc1ccc(F)cc1F)c1ccccc1)N1CCCNCC1. The number of amides is 1. The van der Waals surface area contributed by atoms with Gasteiger partial charge < -0.3 is 10.2 Å². The van der Waals surface area contributed by atoms with Gasteiger partial charge in [-0.1, -0.05) is 30.3 Å². The van der Waals surface area contributed by atoms with Gasteiger partial charge >= 0.3 is 0 Å². The van der Waals surface area contributed by atoms with Gasteiger partial charge in [-0.3, -0.25) is 4.79 Å². The lowest BCUT2D eigenvalue weighted by Crippen LogP contribution is -2.36. The van der Waals surface area contributed by atoms with Crippen LogP contribution < -0.4 is 5.32 Å². The Morgan fingerprint density at radius 2 is 1.88 bits per heavy atom. The molecule has 0 radical (unpaired) electrons. The summed E-state index contributed by atoms with van der Waals surface area (Å²) in [7, 11) is 0. The van der Waals surface area contributed by atoms with Crippen LogP contribution in [-0.4, -0.2) is 37.0 Å². The zero-order valence-electron chi connectivity index (χ0n) is 13.8. The van der Waals surface area contributed by atoms with E-state index in [2.05, 4.69) is 5.32 Å². The van der Waals surface area contributed by atoms with Crippen molar-refractivity contribution in [3.8, 4) is 0 Å². The van der Waals surface area contributed by atoms with Crippen molar-refractivity contribution in [3.63, 3.8) is 0 Å². The lowest BCUT2D eigenvalue weighted by molar-refractivity contribution is -0.130. The maximum Gasteiger partial charge on any atom is 0.240 e. The number of nitrogens with one attached hydrogen (secondary N) is 1. The normalized spacial score (nSPS) is 16.3. The first-order valence-corrected chi connectivity index (χ1v) is 9.19. The van der Waals surface area contributed by atoms with Crippen molar-refractivity contribution < 1.29 is 13.6 Å². The summed E-state index contributed by atoms with van der Waals surface area (Å²) >= 11 is 1.13. The predicted octanol–water partition coefficient (Wildman–Crippen LogP) is 3.62. The molecule has 1 aliphatic heterocycles. The van der Waals surface area contributed by atoms with Crippen molar-refractivity contribution in [2.75, 3.05) is 26.2 Å². The van der Waals surface area contributed by atoms with Gasteiger partial charge in [0.1, 0.15) is 16.9 Å². The molecule has 1 fully saturated rings. The van der Waals surface area contributed by atoms with Crippen LogP contribution in [0.5, 0.6) is 0 Å². The van der Waals surface area contributed by atoms with Gasteiger partial charge in [0.15, 0.2) is 0 Å². The van der Waals surface area contributed by atoms with Crippen LogP contribution in [-0.2, 0) is 4.79 Å². The average molecular weight is 362 g/mol. The summed E-state index contributed by atoms with van der Waals surface area (Å²) in [5.74, 6) is -1.30. The molecule has 6 heteroatoms. The molecule has 25 heavy (non-hydrogen) atoms. The first kappa shape index (κ1) is 17.9. The Morgan fingerprint density at radius 1 is 1.08 bits per heavy atom. The fourth-order valence-electron chi connectivity index (χ4n) is 2.82. The molecule has 0 aliphatic carbocycles. The topological polar surface area (TPSA) is 32.3 Å². The third-order valence-electron chi connectivity index (χ3n) is 4.12. The number of rotatable bonds is 4. The summed E-state index contributed by atoms with van der Waals surface area (Å²) in [5.41, 5.74) is 0.818. The van der Waals surface area contributed by atoms with E-state index in [0.29, 0.717) is 13.1 Å². The van der Waals surface area contributed by atoms with Gasteiger partial charge in [0.25, 0.3) is 0 Å². The second kappa shape index (κ2) is 8.45. The summed E-state index contributed by atoms with van der Waals surface area (Å²) in [6.07, 6.45) is 0.892. The zero-order valence-corrected chi connectivity index (χ0v) is 14.6. The third-order valence-corrected chi connectivity index (χ3v) is 5.41. The minimum atomic E-state index is -0.642. The number of hydrogen-bond donors (Lipinski definition) is 1. The highest BCUT2D eigenvalue weighted by atomic mass is 32.2. The largest absolute Gasteiger partial charge is 0.340 e. The zero-order chi connectivity index (χ0) is 17.6. The van der Waals surface area contributed by atoms with Crippen LogP contribution in [0.15, 0.2) is 53.4 Å². The van der Waals surface area contributed by atoms with Gasteiger partial charge in [-0.15, -0.1) is 11.8 Å². The summed E-state index contributed by atoms with van der Waals surface area (Å²) < 4.78 is 27.3. The first-order valence-electron chi connectivity index (χ1n) is 8.31. The quantitative estimate of drug-likeness (QED) is 0.843. The first-order chi connectivity index (χ1) is 12.1. The highest BCUT2D eigenvalue weighted by Crippen LogP contribution is 2.38. The van der Waals surface area contributed by atoms with E-state index in [1.54, 1.807) is 0 Å². The summed E-state index contributed by atoms with van der Waals surface area (Å²) in [5, 5.41) is 2.72. The number of benzene rings is 2. The van der Waals surface area contributed by atoms with Gasteiger partial charge in [0.05, 0.1) is 0 Å². The molecule has 0 spiro atoms. The Hall–Kier alpha value is -1.92. The Balaban J connectivity index is 1.88. The standard InChI is InChI=1S/C19H20F2N2OS/c20-15-7-8-17(16(21)13-15)25-18(14-5-2-1-3-6-14)19(24)23-11-4-9-22-10-12-23/h1-3,5-8,13,18,22H,4,9-12H2. The Morgan fingerprint density at radius 3 is 2.64 bits per heavy atom. The van der Waals surface area contributed by atoms with Crippen molar-refractivity contribution in [3.05, 3.63) is 65.7 Å². The molecule has 1 heterocycles. The molecule has 0 bridgehead atoms. The van der Waals surface area contributed by atoms with Crippen molar-refractivity contribution in [2.24, 2.45) is 0 Å². The van der Waals surface area contributed by atoms with Crippen molar-refractivity contribution in [1.29, 1.82) is 0 Å². The molecule has 3 rings (SSSR count). The molecule has 3 nitrogen and oxygen atoms in total. The molecule has 1 atom stereocenters. The number of carbonyl (C=O) groups is 1. The molecule has 2 aromatic rings. The van der Waals surface area contributed by atoms with E-state index in [-0.39, 0.29) is 10.8 Å². The van der Waals surface area contributed by atoms with Crippen LogP contribution in [0.3, 0.4) is 0 Å². The molecular formula is C19H20F2N2OS. The minimum absolute atomic E-state index is 0.0383. The maximum atomic E-state index is 14.1. The van der Waals surface area contributed by atoms with Crippen molar-refractivity contribution >= 4 is 17.7 Å². The summed E-state index contributed by atoms with van der Waals surface area (Å²) in [6.45, 7) is 2.96. The van der Waals surface area contributed by atoms with E-state index in [4.69, 9.17) is 0 Å². The Labute approximate surface area is 150 Å². The van der Waals surface area contributed by atoms with E-state index in [0.717, 1.165) is 42.9 Å². The molecule has 1 unspecified atom stereocenters. The van der Waals surface area contributed by atoms with Crippen LogP contribution in [0.2, 0.25) is 0 Å². The summed E-state index contributed by atoms with van der Waals surface area (Å²) in [6, 6.07) is 12.8. The predicted molar refractivity (Wildman–Crippen MR) is 95.5 cm³/mol. The van der Waals surface area contributed by atoms with Gasteiger partial charge in [0.2, 0.25) is 5.91 Å². The summed E-state index contributed by atoms with van der Waals surface area (Å²) in [4.78, 5) is 15.2. The maximum absolute atomic E-state index is 14.1. The van der Waals surface area contributed by atoms with Crippen LogP contribution in [0, 0.1) is 11.6 Å². The van der Waals surface area contributed by atoms with E-state index in [1.165, 1.54) is 12.1 Å². The van der Waals surface area contributed by atoms with E-state index < -0.39 is 16.9 Å². The number of hydrogen-bond acceptors (Lipinski definition) is 3. The lowest BCUT2D eigenvalue weighted by Gasteiger charge is -2.26. The highest BCUT2D eigenvalue weighted by molar-refractivity contribution is 8.00. The Kier molecular flexibility index (Phi) is 6.04. The Bertz CT molecular complexity index is 719. The highest BCUT2D eigenvalue weighted by Gasteiger charge is 2.28. The van der Waals surface area contributed by atoms with E-state index >= 15 is 0 Å². The van der Waals surface area contributed by atoms with Gasteiger partial charge in [-0.25, -0.2) is 8.78 Å². The second-order valence-electron chi connectivity index (χ2n) is 5.91. The van der Waals surface area contributed by atoms with Crippen molar-refractivity contribution in [2.45, 2.75) is 16.6 Å². The fraction of sp³-hybridized carbons (Fsp3) is 0.316. The van der Waals surface area contributed by atoms with Gasteiger partial charge in [0, 0.05) is 30.6 Å². The molecule has 2 aromatic carbocycles. The van der Waals surface area contributed by atoms with Crippen LogP contribution in [0.25, 0.3) is 0 Å². The lowest BCUT2D eigenvalue weighted by atomic mass is 10.1. The molecule has 0 saturated carbocycles. The van der Waals surface area contributed by atoms with Crippen LogP contribution in [0.1, 0.15) is 17.2 Å². The third kappa shape index (κ3) is 4.58. The second-order valence-corrected chi connectivity index (χ2v) is 7.06. The number of halogens is 2. The molecule has 1 saturated heterocycles. The number of carbonyl (C=O) groups excluding carboxylic acids is 1. The number of nitrogens with zero attached hydrogens (tertiary/aromatic N) is 1. The molecular weight excluding hydrogens is 342 g/mol. The average Bonchev–Trinajstić information content (AvgIpc) is 2.91. The van der Waals surface area contributed by atoms with Gasteiger partial charge in [-0.05, 0) is 30.7 Å².